The Morgan fingerprint density at radius 2 is 1.79 bits per heavy atom. The Morgan fingerprint density at radius 1 is 1.04 bits per heavy atom. The van der Waals surface area contributed by atoms with Gasteiger partial charge in [-0.25, -0.2) is 14.4 Å². The van der Waals surface area contributed by atoms with Crippen LogP contribution < -0.4 is 5.32 Å². The van der Waals surface area contributed by atoms with Crippen LogP contribution in [0.2, 0.25) is 10.0 Å². The molecule has 0 fully saturated rings. The minimum absolute atomic E-state index is 0.251. The van der Waals surface area contributed by atoms with Crippen LogP contribution in [0.4, 0.5) is 10.1 Å². The van der Waals surface area contributed by atoms with E-state index < -0.39 is 5.91 Å². The molecule has 3 aromatic rings. The highest BCUT2D eigenvalue weighted by atomic mass is 35.5. The lowest BCUT2D eigenvalue weighted by Gasteiger charge is -2.07. The lowest BCUT2D eigenvalue weighted by molar-refractivity contribution is 0.102. The number of aromatic nitrogens is 2. The van der Waals surface area contributed by atoms with Crippen LogP contribution in [0, 0.1) is 5.82 Å². The summed E-state index contributed by atoms with van der Waals surface area (Å²) in [4.78, 5) is 20.4. The van der Waals surface area contributed by atoms with E-state index in [0.29, 0.717) is 27.1 Å². The zero-order valence-electron chi connectivity index (χ0n) is 12.1. The van der Waals surface area contributed by atoms with Crippen molar-refractivity contribution in [2.24, 2.45) is 0 Å². The van der Waals surface area contributed by atoms with Gasteiger partial charge in [0.2, 0.25) is 0 Å². The summed E-state index contributed by atoms with van der Waals surface area (Å²) in [6.45, 7) is 0. The Hall–Kier alpha value is -2.50. The smallest absolute Gasteiger partial charge is 0.258 e. The fourth-order valence-electron chi connectivity index (χ4n) is 2.01. The van der Waals surface area contributed by atoms with Gasteiger partial charge in [-0.1, -0.05) is 35.3 Å². The number of anilines is 1. The van der Waals surface area contributed by atoms with Gasteiger partial charge in [-0.05, 0) is 30.3 Å². The molecule has 1 amide bonds. The average Bonchev–Trinajstić information content (AvgIpc) is 2.57. The van der Waals surface area contributed by atoms with Crippen molar-refractivity contribution in [1.29, 1.82) is 0 Å². The van der Waals surface area contributed by atoms with Crippen LogP contribution in [0.15, 0.2) is 54.9 Å². The van der Waals surface area contributed by atoms with Gasteiger partial charge in [0, 0.05) is 23.0 Å². The van der Waals surface area contributed by atoms with Gasteiger partial charge in [-0.3, -0.25) is 4.79 Å². The zero-order valence-corrected chi connectivity index (χ0v) is 13.6. The second kappa shape index (κ2) is 6.95. The van der Waals surface area contributed by atoms with Crippen molar-refractivity contribution >= 4 is 34.8 Å². The van der Waals surface area contributed by atoms with E-state index in [-0.39, 0.29) is 11.4 Å². The summed E-state index contributed by atoms with van der Waals surface area (Å²) in [5.74, 6) is -0.462. The molecule has 0 radical (unpaired) electrons. The number of amides is 1. The first-order valence-electron chi connectivity index (χ1n) is 6.87. The number of nitrogens with zero attached hydrogens (tertiary/aromatic N) is 2. The molecule has 0 aliphatic heterocycles. The molecule has 0 unspecified atom stereocenters. The quantitative estimate of drug-likeness (QED) is 0.725. The highest BCUT2D eigenvalue weighted by Gasteiger charge is 2.11. The van der Waals surface area contributed by atoms with Gasteiger partial charge in [0.15, 0.2) is 5.82 Å². The van der Waals surface area contributed by atoms with Gasteiger partial charge < -0.3 is 5.32 Å². The molecule has 0 atom stereocenters. The number of hydrogen-bond acceptors (Lipinski definition) is 3. The van der Waals surface area contributed by atoms with Crippen LogP contribution in [0.5, 0.6) is 0 Å². The van der Waals surface area contributed by atoms with E-state index in [1.165, 1.54) is 30.6 Å². The first-order valence-corrected chi connectivity index (χ1v) is 7.63. The molecular weight excluding hydrogens is 352 g/mol. The summed E-state index contributed by atoms with van der Waals surface area (Å²) in [5, 5.41) is 3.45. The normalized spacial score (nSPS) is 10.5. The third-order valence-electron chi connectivity index (χ3n) is 3.18. The number of nitrogens with one attached hydrogen (secondary N) is 1. The van der Waals surface area contributed by atoms with E-state index in [0.717, 1.165) is 0 Å². The SMILES string of the molecule is O=C(Nc1ccc(Cl)cc1Cl)c1cnc(-c2cccc(F)c2)nc1. The molecule has 1 heterocycles. The Morgan fingerprint density at radius 3 is 2.46 bits per heavy atom. The topological polar surface area (TPSA) is 54.9 Å². The Kier molecular flexibility index (Phi) is 4.74. The molecule has 1 N–H and O–H groups in total. The maximum atomic E-state index is 13.2. The molecule has 0 bridgehead atoms. The molecule has 0 saturated carbocycles. The molecule has 4 nitrogen and oxygen atoms in total. The van der Waals surface area contributed by atoms with Crippen molar-refractivity contribution in [2.45, 2.75) is 0 Å². The molecule has 7 heteroatoms. The number of hydrogen-bond donors (Lipinski definition) is 1. The standard InChI is InChI=1S/C17H10Cl2FN3O/c18-12-4-5-15(14(19)7-12)23-17(24)11-8-21-16(22-9-11)10-2-1-3-13(20)6-10/h1-9H,(H,23,24). The molecule has 0 aliphatic rings. The minimum atomic E-state index is -0.412. The summed E-state index contributed by atoms with van der Waals surface area (Å²) in [7, 11) is 0. The number of benzene rings is 2. The monoisotopic (exact) mass is 361 g/mol. The van der Waals surface area contributed by atoms with Crippen molar-refractivity contribution in [3.05, 3.63) is 76.3 Å². The maximum absolute atomic E-state index is 13.2. The van der Waals surface area contributed by atoms with Crippen LogP contribution in [0.1, 0.15) is 10.4 Å². The van der Waals surface area contributed by atoms with Crippen LogP contribution in [0.25, 0.3) is 11.4 Å². The largest absolute Gasteiger partial charge is 0.321 e. The molecule has 120 valence electrons. The summed E-state index contributed by atoms with van der Waals surface area (Å²) in [6, 6.07) is 10.7. The predicted octanol–water partition coefficient (Wildman–Crippen LogP) is 4.84. The zero-order chi connectivity index (χ0) is 17.1. The molecule has 0 aliphatic carbocycles. The second-order valence-electron chi connectivity index (χ2n) is 4.88. The highest BCUT2D eigenvalue weighted by Crippen LogP contribution is 2.25. The first kappa shape index (κ1) is 16.4. The van der Waals surface area contributed by atoms with Crippen LogP contribution >= 0.6 is 23.2 Å². The van der Waals surface area contributed by atoms with E-state index in [1.807, 2.05) is 0 Å². The van der Waals surface area contributed by atoms with Gasteiger partial charge in [0.25, 0.3) is 5.91 Å². The number of halogens is 3. The van der Waals surface area contributed by atoms with Crippen molar-refractivity contribution in [3.63, 3.8) is 0 Å². The number of carbonyl (C=O) groups is 1. The predicted molar refractivity (Wildman–Crippen MR) is 91.8 cm³/mol. The van der Waals surface area contributed by atoms with E-state index in [1.54, 1.807) is 24.3 Å². The number of rotatable bonds is 3. The van der Waals surface area contributed by atoms with Gasteiger partial charge >= 0.3 is 0 Å². The van der Waals surface area contributed by atoms with E-state index in [2.05, 4.69) is 15.3 Å². The van der Waals surface area contributed by atoms with Gasteiger partial charge in [-0.2, -0.15) is 0 Å². The van der Waals surface area contributed by atoms with Crippen molar-refractivity contribution in [3.8, 4) is 11.4 Å². The summed E-state index contributed by atoms with van der Waals surface area (Å²) in [5.41, 5.74) is 1.21. The fraction of sp³-hybridized carbons (Fsp3) is 0. The van der Waals surface area contributed by atoms with Crippen LogP contribution in [-0.2, 0) is 0 Å². The second-order valence-corrected chi connectivity index (χ2v) is 5.73. The Labute approximate surface area is 147 Å². The third-order valence-corrected chi connectivity index (χ3v) is 3.72. The Bertz CT molecular complexity index is 901. The average molecular weight is 362 g/mol. The van der Waals surface area contributed by atoms with Gasteiger partial charge in [0.05, 0.1) is 16.3 Å². The van der Waals surface area contributed by atoms with Crippen molar-refractivity contribution < 1.29 is 9.18 Å². The van der Waals surface area contributed by atoms with Crippen molar-refractivity contribution in [1.82, 2.24) is 9.97 Å². The van der Waals surface area contributed by atoms with E-state index in [4.69, 9.17) is 23.2 Å². The van der Waals surface area contributed by atoms with E-state index in [9.17, 15) is 9.18 Å². The van der Waals surface area contributed by atoms with E-state index >= 15 is 0 Å². The summed E-state index contributed by atoms with van der Waals surface area (Å²) in [6.07, 6.45) is 2.73. The minimum Gasteiger partial charge on any atom is -0.321 e. The summed E-state index contributed by atoms with van der Waals surface area (Å²) < 4.78 is 13.2. The first-order chi connectivity index (χ1) is 11.5. The fourth-order valence-corrected chi connectivity index (χ4v) is 2.46. The molecule has 0 spiro atoms. The summed E-state index contributed by atoms with van der Waals surface area (Å²) >= 11 is 11.8. The highest BCUT2D eigenvalue weighted by molar-refractivity contribution is 6.36. The van der Waals surface area contributed by atoms with Crippen LogP contribution in [-0.4, -0.2) is 15.9 Å². The molecular formula is C17H10Cl2FN3O. The molecule has 0 saturated heterocycles. The molecule has 24 heavy (non-hydrogen) atoms. The lowest BCUT2D eigenvalue weighted by atomic mass is 10.2. The van der Waals surface area contributed by atoms with Gasteiger partial charge in [0.1, 0.15) is 5.82 Å². The molecule has 2 aromatic carbocycles. The third kappa shape index (κ3) is 3.69. The van der Waals surface area contributed by atoms with Gasteiger partial charge in [-0.15, -0.1) is 0 Å². The van der Waals surface area contributed by atoms with Crippen molar-refractivity contribution in [2.75, 3.05) is 5.32 Å². The Balaban J connectivity index is 1.79. The number of carbonyl (C=O) groups excluding carboxylic acids is 1. The lowest BCUT2D eigenvalue weighted by Crippen LogP contribution is -2.13. The molecule has 1 aromatic heterocycles. The molecule has 3 rings (SSSR count). The maximum Gasteiger partial charge on any atom is 0.258 e. The van der Waals surface area contributed by atoms with Crippen LogP contribution in [0.3, 0.4) is 0 Å².